The summed E-state index contributed by atoms with van der Waals surface area (Å²) in [5, 5.41) is 12.2. The number of carbonyl (C=O) groups excluding carboxylic acids is 2. The molecule has 0 heterocycles. The van der Waals surface area contributed by atoms with Gasteiger partial charge in [-0.3, -0.25) is 9.59 Å². The zero-order valence-corrected chi connectivity index (χ0v) is 20.6. The smallest absolute Gasteiger partial charge is 0.210 e. The summed E-state index contributed by atoms with van der Waals surface area (Å²) in [5.41, 5.74) is -3.68. The zero-order valence-electron chi connectivity index (χ0n) is 20.6. The van der Waals surface area contributed by atoms with Crippen LogP contribution in [0.15, 0.2) is 36.4 Å². The van der Waals surface area contributed by atoms with E-state index >= 15 is 0 Å². The SMILES string of the molecule is COc1cccc(OC)c1C(=O)C(O)(C(=O)c1c(OC)cccc1OC)C(C)(C)CC(C)C. The van der Waals surface area contributed by atoms with Crippen LogP contribution in [0, 0.1) is 11.3 Å². The zero-order chi connectivity index (χ0) is 25.0. The lowest BCUT2D eigenvalue weighted by Gasteiger charge is -2.42. The van der Waals surface area contributed by atoms with E-state index in [-0.39, 0.29) is 40.0 Å². The van der Waals surface area contributed by atoms with E-state index in [4.69, 9.17) is 18.9 Å². The molecule has 0 aliphatic rings. The summed E-state index contributed by atoms with van der Waals surface area (Å²) in [4.78, 5) is 28.3. The van der Waals surface area contributed by atoms with Crippen LogP contribution in [-0.4, -0.2) is 50.7 Å². The Bertz CT molecular complexity index is 896. The van der Waals surface area contributed by atoms with Crippen molar-refractivity contribution in [3.8, 4) is 23.0 Å². The number of benzene rings is 2. The molecular weight excluding hydrogens is 424 g/mol. The number of hydrogen-bond donors (Lipinski definition) is 1. The van der Waals surface area contributed by atoms with Gasteiger partial charge < -0.3 is 24.1 Å². The molecule has 7 nitrogen and oxygen atoms in total. The van der Waals surface area contributed by atoms with Crippen LogP contribution in [0.1, 0.15) is 54.8 Å². The number of hydrogen-bond acceptors (Lipinski definition) is 7. The summed E-state index contributed by atoms with van der Waals surface area (Å²) >= 11 is 0. The minimum atomic E-state index is -2.49. The fourth-order valence-corrected chi connectivity index (χ4v) is 4.40. The van der Waals surface area contributed by atoms with Crippen LogP contribution >= 0.6 is 0 Å². The first-order valence-electron chi connectivity index (χ1n) is 10.7. The van der Waals surface area contributed by atoms with E-state index in [1.54, 1.807) is 50.2 Å². The van der Waals surface area contributed by atoms with Gasteiger partial charge in [0.1, 0.15) is 34.1 Å². The van der Waals surface area contributed by atoms with E-state index in [9.17, 15) is 14.7 Å². The van der Waals surface area contributed by atoms with E-state index in [0.717, 1.165) is 0 Å². The molecule has 0 spiro atoms. The molecule has 0 amide bonds. The van der Waals surface area contributed by atoms with E-state index in [0.29, 0.717) is 6.42 Å². The third-order valence-corrected chi connectivity index (χ3v) is 5.86. The van der Waals surface area contributed by atoms with Crippen LogP contribution < -0.4 is 18.9 Å². The highest BCUT2D eigenvalue weighted by Gasteiger charge is 2.58. The molecule has 0 aliphatic carbocycles. The van der Waals surface area contributed by atoms with Gasteiger partial charge in [-0.05, 0) is 36.6 Å². The molecule has 0 unspecified atom stereocenters. The average Bonchev–Trinajstić information content (AvgIpc) is 2.80. The number of aliphatic hydroxyl groups is 1. The van der Waals surface area contributed by atoms with E-state index in [2.05, 4.69) is 0 Å². The van der Waals surface area contributed by atoms with Crippen molar-refractivity contribution in [3.63, 3.8) is 0 Å². The van der Waals surface area contributed by atoms with Gasteiger partial charge in [-0.1, -0.05) is 39.8 Å². The lowest BCUT2D eigenvalue weighted by Crippen LogP contribution is -2.58. The predicted molar refractivity (Wildman–Crippen MR) is 126 cm³/mol. The number of rotatable bonds is 11. The van der Waals surface area contributed by atoms with Crippen LogP contribution in [0.5, 0.6) is 23.0 Å². The Kier molecular flexibility index (Phi) is 8.14. The Labute approximate surface area is 195 Å². The number of Topliss-reactive ketones (excluding diaryl/α,β-unsaturated/α-hetero) is 2. The fraction of sp³-hybridized carbons (Fsp3) is 0.462. The van der Waals surface area contributed by atoms with Gasteiger partial charge in [0.25, 0.3) is 0 Å². The van der Waals surface area contributed by atoms with Gasteiger partial charge in [0.15, 0.2) is 5.60 Å². The third-order valence-electron chi connectivity index (χ3n) is 5.86. The molecule has 0 fully saturated rings. The molecule has 2 aromatic rings. The second-order valence-electron chi connectivity index (χ2n) is 8.93. The van der Waals surface area contributed by atoms with Gasteiger partial charge in [0, 0.05) is 5.41 Å². The molecule has 0 saturated heterocycles. The highest BCUT2D eigenvalue weighted by atomic mass is 16.5. The maximum atomic E-state index is 14.2. The van der Waals surface area contributed by atoms with Gasteiger partial charge in [0.2, 0.25) is 11.6 Å². The second-order valence-corrected chi connectivity index (χ2v) is 8.93. The van der Waals surface area contributed by atoms with Crippen molar-refractivity contribution in [2.45, 2.75) is 39.7 Å². The van der Waals surface area contributed by atoms with Crippen molar-refractivity contribution in [3.05, 3.63) is 47.5 Å². The Morgan fingerprint density at radius 1 is 0.758 bits per heavy atom. The van der Waals surface area contributed by atoms with Crippen LogP contribution in [0.3, 0.4) is 0 Å². The topological polar surface area (TPSA) is 91.3 Å². The molecule has 33 heavy (non-hydrogen) atoms. The second kappa shape index (κ2) is 10.3. The van der Waals surface area contributed by atoms with Crippen molar-refractivity contribution in [2.24, 2.45) is 11.3 Å². The maximum absolute atomic E-state index is 14.2. The summed E-state index contributed by atoms with van der Waals surface area (Å²) in [6, 6.07) is 9.66. The summed E-state index contributed by atoms with van der Waals surface area (Å²) in [5.74, 6) is -0.779. The molecule has 2 aromatic carbocycles. The van der Waals surface area contributed by atoms with Crippen LogP contribution in [-0.2, 0) is 0 Å². The van der Waals surface area contributed by atoms with Gasteiger partial charge in [-0.2, -0.15) is 0 Å². The maximum Gasteiger partial charge on any atom is 0.210 e. The van der Waals surface area contributed by atoms with Crippen molar-refractivity contribution in [2.75, 3.05) is 28.4 Å². The molecule has 180 valence electrons. The number of ether oxygens (including phenoxy) is 4. The first kappa shape index (κ1) is 26.2. The van der Waals surface area contributed by atoms with Gasteiger partial charge in [-0.15, -0.1) is 0 Å². The molecule has 0 bridgehead atoms. The molecular formula is C26H34O7. The first-order valence-corrected chi connectivity index (χ1v) is 10.7. The fourth-order valence-electron chi connectivity index (χ4n) is 4.40. The van der Waals surface area contributed by atoms with Crippen LogP contribution in [0.4, 0.5) is 0 Å². The normalized spacial score (nSPS) is 11.8. The monoisotopic (exact) mass is 458 g/mol. The highest BCUT2D eigenvalue weighted by Crippen LogP contribution is 2.46. The van der Waals surface area contributed by atoms with Crippen molar-refractivity contribution < 1.29 is 33.6 Å². The van der Waals surface area contributed by atoms with Gasteiger partial charge in [-0.25, -0.2) is 0 Å². The molecule has 0 saturated carbocycles. The minimum Gasteiger partial charge on any atom is -0.496 e. The molecule has 0 aliphatic heterocycles. The van der Waals surface area contributed by atoms with Gasteiger partial charge >= 0.3 is 0 Å². The standard InChI is InChI=1S/C26H34O7/c1-16(2)15-25(3,4)26(29,23(27)21-17(30-5)11-9-12-18(21)31-6)24(28)22-19(32-7)13-10-14-20(22)33-8/h9-14,16,29H,15H2,1-8H3. The number of methoxy groups -OCH3 is 4. The third kappa shape index (κ3) is 4.69. The molecule has 7 heteroatoms. The highest BCUT2D eigenvalue weighted by molar-refractivity contribution is 6.25. The largest absolute Gasteiger partial charge is 0.496 e. The Morgan fingerprint density at radius 3 is 1.30 bits per heavy atom. The molecule has 0 aromatic heterocycles. The first-order chi connectivity index (χ1) is 15.5. The summed E-state index contributed by atoms with van der Waals surface area (Å²) in [6.07, 6.45) is 0.385. The summed E-state index contributed by atoms with van der Waals surface area (Å²) in [6.45, 7) is 7.33. The van der Waals surface area contributed by atoms with E-state index in [1.165, 1.54) is 28.4 Å². The quantitative estimate of drug-likeness (QED) is 0.389. The Hall–Kier alpha value is -3.06. The van der Waals surface area contributed by atoms with Crippen molar-refractivity contribution in [1.29, 1.82) is 0 Å². The molecule has 0 radical (unpaired) electrons. The Morgan fingerprint density at radius 2 is 1.06 bits per heavy atom. The minimum absolute atomic E-state index is 0.0101. The van der Waals surface area contributed by atoms with E-state index < -0.39 is 22.6 Å². The van der Waals surface area contributed by atoms with Crippen LogP contribution in [0.25, 0.3) is 0 Å². The predicted octanol–water partition coefficient (Wildman–Crippen LogP) is 4.59. The lowest BCUT2D eigenvalue weighted by atomic mass is 9.63. The average molecular weight is 459 g/mol. The molecule has 0 atom stereocenters. The lowest BCUT2D eigenvalue weighted by molar-refractivity contribution is -0.0308. The van der Waals surface area contributed by atoms with E-state index in [1.807, 2.05) is 13.8 Å². The number of carbonyl (C=O) groups is 2. The Balaban J connectivity index is 2.89. The summed E-state index contributed by atoms with van der Waals surface area (Å²) < 4.78 is 21.6. The summed E-state index contributed by atoms with van der Waals surface area (Å²) in [7, 11) is 5.65. The number of ketones is 2. The van der Waals surface area contributed by atoms with Gasteiger partial charge in [0.05, 0.1) is 28.4 Å². The van der Waals surface area contributed by atoms with Crippen molar-refractivity contribution in [1.82, 2.24) is 0 Å². The van der Waals surface area contributed by atoms with Crippen LogP contribution in [0.2, 0.25) is 0 Å². The molecule has 1 N–H and O–H groups in total. The van der Waals surface area contributed by atoms with Crippen molar-refractivity contribution >= 4 is 11.6 Å². The molecule has 2 rings (SSSR count).